The number of methoxy groups -OCH3 is 1. The zero-order valence-corrected chi connectivity index (χ0v) is 22.6. The third kappa shape index (κ3) is 6.75. The summed E-state index contributed by atoms with van der Waals surface area (Å²) in [6.07, 6.45) is 1.56. The van der Waals surface area contributed by atoms with Gasteiger partial charge in [-0.2, -0.15) is 5.10 Å². The van der Waals surface area contributed by atoms with Gasteiger partial charge in [-0.15, -0.1) is 10.2 Å². The average molecular weight is 550 g/mol. The third-order valence-electron chi connectivity index (χ3n) is 5.84. The van der Waals surface area contributed by atoms with Gasteiger partial charge in [0.25, 0.3) is 5.91 Å². The number of nitrogens with zero attached hydrogens (tertiary/aromatic N) is 4. The van der Waals surface area contributed by atoms with E-state index < -0.39 is 0 Å². The summed E-state index contributed by atoms with van der Waals surface area (Å²) in [5.41, 5.74) is 6.25. The van der Waals surface area contributed by atoms with Crippen molar-refractivity contribution in [3.05, 3.63) is 120 Å². The highest BCUT2D eigenvalue weighted by atomic mass is 32.2. The monoisotopic (exact) mass is 549 g/mol. The van der Waals surface area contributed by atoms with Crippen LogP contribution in [0, 0.1) is 0 Å². The average Bonchev–Trinajstić information content (AvgIpc) is 3.44. The maximum absolute atomic E-state index is 12.6. The molecule has 0 fully saturated rings. The molecule has 40 heavy (non-hydrogen) atoms. The standard InChI is InChI=1S/C31H27N5O3S/c1-38-28-19-24(17-18-27(28)39-21-23-11-5-2-6-12-23)20-32-33-29(37)22-40-31-35-34-30(25-13-7-3-8-14-25)36(31)26-15-9-4-10-16-26/h2-20H,21-22H2,1H3,(H,33,37)/b32-20+. The van der Waals surface area contributed by atoms with Gasteiger partial charge in [-0.1, -0.05) is 90.6 Å². The van der Waals surface area contributed by atoms with E-state index in [1.165, 1.54) is 11.8 Å². The van der Waals surface area contributed by atoms with E-state index in [4.69, 9.17) is 9.47 Å². The number of aromatic nitrogens is 3. The quantitative estimate of drug-likeness (QED) is 0.128. The fourth-order valence-corrected chi connectivity index (χ4v) is 4.65. The van der Waals surface area contributed by atoms with E-state index in [0.29, 0.717) is 29.1 Å². The van der Waals surface area contributed by atoms with Gasteiger partial charge in [-0.05, 0) is 41.5 Å². The van der Waals surface area contributed by atoms with Crippen molar-refractivity contribution in [3.8, 4) is 28.6 Å². The van der Waals surface area contributed by atoms with Crippen molar-refractivity contribution < 1.29 is 14.3 Å². The van der Waals surface area contributed by atoms with Crippen molar-refractivity contribution in [3.63, 3.8) is 0 Å². The summed E-state index contributed by atoms with van der Waals surface area (Å²) < 4.78 is 13.3. The molecule has 0 atom stereocenters. The first-order chi connectivity index (χ1) is 19.7. The molecular weight excluding hydrogens is 522 g/mol. The molecule has 9 heteroatoms. The summed E-state index contributed by atoms with van der Waals surface area (Å²) in [5, 5.41) is 13.5. The summed E-state index contributed by atoms with van der Waals surface area (Å²) in [6.45, 7) is 0.434. The minimum Gasteiger partial charge on any atom is -0.493 e. The lowest BCUT2D eigenvalue weighted by Gasteiger charge is -2.11. The van der Waals surface area contributed by atoms with Gasteiger partial charge < -0.3 is 9.47 Å². The second-order valence-electron chi connectivity index (χ2n) is 8.61. The number of para-hydroxylation sites is 1. The van der Waals surface area contributed by atoms with Crippen LogP contribution in [0.5, 0.6) is 11.5 Å². The molecule has 0 aliphatic carbocycles. The molecule has 0 aliphatic heterocycles. The molecular formula is C31H27N5O3S. The van der Waals surface area contributed by atoms with Crippen molar-refractivity contribution in [1.82, 2.24) is 20.2 Å². The normalized spacial score (nSPS) is 10.9. The second kappa shape index (κ2) is 13.3. The number of ether oxygens (including phenoxy) is 2. The molecule has 0 saturated carbocycles. The summed E-state index contributed by atoms with van der Waals surface area (Å²) in [7, 11) is 1.59. The fraction of sp³-hybridized carbons (Fsp3) is 0.0968. The van der Waals surface area contributed by atoms with Gasteiger partial charge in [0.15, 0.2) is 22.5 Å². The molecule has 0 radical (unpaired) electrons. The van der Waals surface area contributed by atoms with E-state index in [1.807, 2.05) is 108 Å². The molecule has 0 aliphatic rings. The van der Waals surface area contributed by atoms with E-state index in [2.05, 4.69) is 20.7 Å². The summed E-state index contributed by atoms with van der Waals surface area (Å²) in [5.74, 6) is 1.77. The fourth-order valence-electron chi connectivity index (χ4n) is 3.91. The molecule has 1 heterocycles. The highest BCUT2D eigenvalue weighted by Crippen LogP contribution is 2.29. The Labute approximate surface area is 236 Å². The molecule has 1 amide bonds. The molecule has 0 unspecified atom stereocenters. The Morgan fingerprint density at radius 2 is 1.60 bits per heavy atom. The minimum absolute atomic E-state index is 0.118. The van der Waals surface area contributed by atoms with Gasteiger partial charge in [0.05, 0.1) is 19.1 Å². The van der Waals surface area contributed by atoms with Crippen LogP contribution in [0.3, 0.4) is 0 Å². The van der Waals surface area contributed by atoms with Gasteiger partial charge in [0.2, 0.25) is 0 Å². The topological polar surface area (TPSA) is 90.6 Å². The lowest BCUT2D eigenvalue weighted by atomic mass is 10.2. The Kier molecular flexibility index (Phi) is 8.85. The summed E-state index contributed by atoms with van der Waals surface area (Å²) >= 11 is 1.29. The van der Waals surface area contributed by atoms with Crippen LogP contribution in [0.15, 0.2) is 119 Å². The Bertz CT molecular complexity index is 1580. The largest absolute Gasteiger partial charge is 0.493 e. The van der Waals surface area contributed by atoms with Gasteiger partial charge in [0, 0.05) is 11.3 Å². The van der Waals surface area contributed by atoms with Crippen molar-refractivity contribution in [2.45, 2.75) is 11.8 Å². The van der Waals surface area contributed by atoms with Gasteiger partial charge in [0.1, 0.15) is 6.61 Å². The van der Waals surface area contributed by atoms with E-state index in [0.717, 1.165) is 22.4 Å². The number of nitrogens with one attached hydrogen (secondary N) is 1. The van der Waals surface area contributed by atoms with Gasteiger partial charge in [-0.25, -0.2) is 5.43 Å². The lowest BCUT2D eigenvalue weighted by molar-refractivity contribution is -0.118. The number of benzene rings is 4. The van der Waals surface area contributed by atoms with Crippen LogP contribution >= 0.6 is 11.8 Å². The maximum Gasteiger partial charge on any atom is 0.250 e. The minimum atomic E-state index is -0.264. The number of carbonyl (C=O) groups is 1. The van der Waals surface area contributed by atoms with Gasteiger partial charge >= 0.3 is 0 Å². The number of hydrazone groups is 1. The van der Waals surface area contributed by atoms with Crippen LogP contribution in [0.1, 0.15) is 11.1 Å². The predicted molar refractivity (Wildman–Crippen MR) is 157 cm³/mol. The lowest BCUT2D eigenvalue weighted by Crippen LogP contribution is -2.20. The molecule has 0 spiro atoms. The van der Waals surface area contributed by atoms with Crippen LogP contribution in [-0.4, -0.2) is 39.7 Å². The van der Waals surface area contributed by atoms with E-state index in [9.17, 15) is 4.79 Å². The number of thioether (sulfide) groups is 1. The number of hydrogen-bond donors (Lipinski definition) is 1. The first kappa shape index (κ1) is 26.7. The molecule has 1 N–H and O–H groups in total. The van der Waals surface area contributed by atoms with Crippen molar-refractivity contribution >= 4 is 23.9 Å². The molecule has 5 rings (SSSR count). The molecule has 0 saturated heterocycles. The molecule has 0 bridgehead atoms. The van der Waals surface area contributed by atoms with Crippen molar-refractivity contribution in [1.29, 1.82) is 0 Å². The van der Waals surface area contributed by atoms with Gasteiger partial charge in [-0.3, -0.25) is 9.36 Å². The van der Waals surface area contributed by atoms with Crippen LogP contribution in [-0.2, 0) is 11.4 Å². The Morgan fingerprint density at radius 3 is 2.33 bits per heavy atom. The first-order valence-electron chi connectivity index (χ1n) is 12.6. The van der Waals surface area contributed by atoms with E-state index >= 15 is 0 Å². The first-order valence-corrected chi connectivity index (χ1v) is 13.6. The zero-order valence-electron chi connectivity index (χ0n) is 21.8. The van der Waals surface area contributed by atoms with Crippen molar-refractivity contribution in [2.24, 2.45) is 5.10 Å². The number of rotatable bonds is 11. The van der Waals surface area contributed by atoms with Crippen LogP contribution in [0.25, 0.3) is 17.1 Å². The summed E-state index contributed by atoms with van der Waals surface area (Å²) in [4.78, 5) is 12.6. The smallest absolute Gasteiger partial charge is 0.250 e. The second-order valence-corrected chi connectivity index (χ2v) is 9.55. The van der Waals surface area contributed by atoms with Crippen molar-refractivity contribution in [2.75, 3.05) is 12.9 Å². The highest BCUT2D eigenvalue weighted by molar-refractivity contribution is 7.99. The number of amides is 1. The molecule has 4 aromatic carbocycles. The Balaban J connectivity index is 1.21. The Hall–Kier alpha value is -4.89. The Morgan fingerprint density at radius 1 is 0.900 bits per heavy atom. The number of hydrogen-bond acceptors (Lipinski definition) is 7. The molecule has 5 aromatic rings. The third-order valence-corrected chi connectivity index (χ3v) is 6.77. The van der Waals surface area contributed by atoms with Crippen LogP contribution in [0.4, 0.5) is 0 Å². The highest BCUT2D eigenvalue weighted by Gasteiger charge is 2.17. The molecule has 8 nitrogen and oxygen atoms in total. The van der Waals surface area contributed by atoms with Crippen LogP contribution < -0.4 is 14.9 Å². The maximum atomic E-state index is 12.6. The summed E-state index contributed by atoms with van der Waals surface area (Å²) in [6, 6.07) is 35.0. The predicted octanol–water partition coefficient (Wildman–Crippen LogP) is 5.76. The SMILES string of the molecule is COc1cc(/C=N/NC(=O)CSc2nnc(-c3ccccc3)n2-c2ccccc2)ccc1OCc1ccccc1. The van der Waals surface area contributed by atoms with Crippen LogP contribution in [0.2, 0.25) is 0 Å². The number of carbonyl (C=O) groups excluding carboxylic acids is 1. The molecule has 200 valence electrons. The molecule has 1 aromatic heterocycles. The van der Waals surface area contributed by atoms with E-state index in [1.54, 1.807) is 19.4 Å². The van der Waals surface area contributed by atoms with E-state index in [-0.39, 0.29) is 11.7 Å². The zero-order chi connectivity index (χ0) is 27.6.